The Labute approximate surface area is 67.2 Å². The van der Waals surface area contributed by atoms with Gasteiger partial charge in [0.05, 0.1) is 6.07 Å². The summed E-state index contributed by atoms with van der Waals surface area (Å²) in [4.78, 5) is 11.2. The zero-order valence-corrected chi connectivity index (χ0v) is 7.05. The molecule has 1 rings (SSSR count). The Morgan fingerprint density at radius 2 is 2.27 bits per heavy atom. The third-order valence-corrected chi connectivity index (χ3v) is 2.54. The lowest BCUT2D eigenvalue weighted by Crippen LogP contribution is -2.20. The molecule has 0 aromatic heterocycles. The van der Waals surface area contributed by atoms with E-state index in [0.717, 1.165) is 12.8 Å². The number of hydrogen-bond acceptors (Lipinski definition) is 2. The van der Waals surface area contributed by atoms with Gasteiger partial charge in [-0.1, -0.05) is 13.8 Å². The van der Waals surface area contributed by atoms with Crippen molar-refractivity contribution in [1.82, 2.24) is 0 Å². The summed E-state index contributed by atoms with van der Waals surface area (Å²) in [5.41, 5.74) is 0.0296. The maximum Gasteiger partial charge on any atom is 0.150 e. The van der Waals surface area contributed by atoms with E-state index in [-0.39, 0.29) is 17.1 Å². The third kappa shape index (κ3) is 1.42. The predicted molar refractivity (Wildman–Crippen MR) is 41.7 cm³/mol. The molecule has 1 fully saturated rings. The SMILES string of the molecule is CCC(=O)C(C#N)C1(C)CC1. The molecule has 1 saturated carbocycles. The molecule has 0 heterocycles. The molecule has 1 atom stereocenters. The van der Waals surface area contributed by atoms with Crippen LogP contribution in [-0.4, -0.2) is 5.78 Å². The smallest absolute Gasteiger partial charge is 0.150 e. The minimum absolute atomic E-state index is 0.0296. The molecule has 0 bridgehead atoms. The molecule has 1 aliphatic carbocycles. The van der Waals surface area contributed by atoms with E-state index >= 15 is 0 Å². The molecule has 2 nitrogen and oxygen atoms in total. The minimum Gasteiger partial charge on any atom is -0.298 e. The van der Waals surface area contributed by atoms with Crippen molar-refractivity contribution in [2.75, 3.05) is 0 Å². The van der Waals surface area contributed by atoms with Crippen molar-refractivity contribution in [3.05, 3.63) is 0 Å². The van der Waals surface area contributed by atoms with Crippen LogP contribution in [0.5, 0.6) is 0 Å². The Morgan fingerprint density at radius 1 is 1.73 bits per heavy atom. The van der Waals surface area contributed by atoms with Crippen molar-refractivity contribution in [2.24, 2.45) is 11.3 Å². The highest BCUT2D eigenvalue weighted by Gasteiger charge is 2.47. The summed E-state index contributed by atoms with van der Waals surface area (Å²) >= 11 is 0. The van der Waals surface area contributed by atoms with Gasteiger partial charge in [0, 0.05) is 6.42 Å². The Hall–Kier alpha value is -0.840. The second-order valence-electron chi connectivity index (χ2n) is 3.54. The summed E-state index contributed by atoms with van der Waals surface area (Å²) in [6, 6.07) is 2.11. The second-order valence-corrected chi connectivity index (χ2v) is 3.54. The van der Waals surface area contributed by atoms with E-state index in [2.05, 4.69) is 6.07 Å². The molecular weight excluding hydrogens is 138 g/mol. The van der Waals surface area contributed by atoms with E-state index in [4.69, 9.17) is 5.26 Å². The van der Waals surface area contributed by atoms with Crippen molar-refractivity contribution in [2.45, 2.75) is 33.1 Å². The summed E-state index contributed by atoms with van der Waals surface area (Å²) in [6.07, 6.45) is 2.57. The van der Waals surface area contributed by atoms with Crippen LogP contribution in [0.15, 0.2) is 0 Å². The van der Waals surface area contributed by atoms with Gasteiger partial charge in [-0.15, -0.1) is 0 Å². The van der Waals surface area contributed by atoms with Crippen molar-refractivity contribution in [3.63, 3.8) is 0 Å². The maximum absolute atomic E-state index is 11.2. The molecule has 0 spiro atoms. The first kappa shape index (κ1) is 8.26. The van der Waals surface area contributed by atoms with Gasteiger partial charge in [0.15, 0.2) is 0 Å². The molecular formula is C9H13NO. The fourth-order valence-corrected chi connectivity index (χ4v) is 1.31. The molecule has 0 aromatic rings. The average Bonchev–Trinajstić information content (AvgIpc) is 2.70. The highest BCUT2D eigenvalue weighted by Crippen LogP contribution is 2.51. The zero-order valence-electron chi connectivity index (χ0n) is 7.05. The standard InChI is InChI=1S/C9H13NO/c1-3-8(11)7(6-10)9(2)4-5-9/h7H,3-5H2,1-2H3. The van der Waals surface area contributed by atoms with Gasteiger partial charge in [-0.05, 0) is 18.3 Å². The first-order valence-corrected chi connectivity index (χ1v) is 4.06. The largest absolute Gasteiger partial charge is 0.298 e. The van der Waals surface area contributed by atoms with Crippen LogP contribution in [0, 0.1) is 22.7 Å². The van der Waals surface area contributed by atoms with Crippen molar-refractivity contribution in [1.29, 1.82) is 5.26 Å². The molecule has 0 saturated heterocycles. The summed E-state index contributed by atoms with van der Waals surface area (Å²) in [7, 11) is 0. The number of rotatable bonds is 3. The molecule has 0 amide bonds. The highest BCUT2D eigenvalue weighted by atomic mass is 16.1. The quantitative estimate of drug-likeness (QED) is 0.618. The van der Waals surface area contributed by atoms with Gasteiger partial charge in [0.25, 0.3) is 0 Å². The van der Waals surface area contributed by atoms with E-state index in [1.165, 1.54) is 0 Å². The van der Waals surface area contributed by atoms with Gasteiger partial charge in [-0.3, -0.25) is 4.79 Å². The van der Waals surface area contributed by atoms with Crippen LogP contribution >= 0.6 is 0 Å². The first-order valence-electron chi connectivity index (χ1n) is 4.06. The molecule has 11 heavy (non-hydrogen) atoms. The zero-order chi connectivity index (χ0) is 8.48. The number of hydrogen-bond donors (Lipinski definition) is 0. The Morgan fingerprint density at radius 3 is 2.55 bits per heavy atom. The van der Waals surface area contributed by atoms with Crippen LogP contribution in [0.1, 0.15) is 33.1 Å². The van der Waals surface area contributed by atoms with Gasteiger partial charge >= 0.3 is 0 Å². The third-order valence-electron chi connectivity index (χ3n) is 2.54. The number of carbonyl (C=O) groups is 1. The van der Waals surface area contributed by atoms with Crippen LogP contribution in [0.25, 0.3) is 0 Å². The topological polar surface area (TPSA) is 40.9 Å². The molecule has 1 aliphatic rings. The van der Waals surface area contributed by atoms with Gasteiger partial charge in [-0.2, -0.15) is 5.26 Å². The number of Topliss-reactive ketones (excluding diaryl/α,β-unsaturated/α-hetero) is 1. The summed E-state index contributed by atoms with van der Waals surface area (Å²) in [5, 5.41) is 8.73. The van der Waals surface area contributed by atoms with Gasteiger partial charge < -0.3 is 0 Å². The molecule has 60 valence electrons. The van der Waals surface area contributed by atoms with E-state index < -0.39 is 0 Å². The Bertz CT molecular complexity index is 210. The van der Waals surface area contributed by atoms with Gasteiger partial charge in [0.1, 0.15) is 11.7 Å². The van der Waals surface area contributed by atoms with Crippen LogP contribution in [0.2, 0.25) is 0 Å². The minimum atomic E-state index is -0.340. The van der Waals surface area contributed by atoms with Crippen molar-refractivity contribution < 1.29 is 4.79 Å². The van der Waals surface area contributed by atoms with Crippen LogP contribution in [-0.2, 0) is 4.79 Å². The normalized spacial score (nSPS) is 21.9. The number of nitrogens with zero attached hydrogens (tertiary/aromatic N) is 1. The Kier molecular flexibility index (Phi) is 1.99. The van der Waals surface area contributed by atoms with Gasteiger partial charge in [0.2, 0.25) is 0 Å². The summed E-state index contributed by atoms with van der Waals surface area (Å²) in [6.45, 7) is 3.84. The predicted octanol–water partition coefficient (Wildman–Crippen LogP) is 1.91. The van der Waals surface area contributed by atoms with E-state index in [1.807, 2.05) is 13.8 Å². The molecule has 0 N–H and O–H groups in total. The van der Waals surface area contributed by atoms with Crippen LogP contribution in [0.4, 0.5) is 0 Å². The lowest BCUT2D eigenvalue weighted by molar-refractivity contribution is -0.122. The van der Waals surface area contributed by atoms with E-state index in [1.54, 1.807) is 0 Å². The average molecular weight is 151 g/mol. The van der Waals surface area contributed by atoms with Crippen LogP contribution < -0.4 is 0 Å². The maximum atomic E-state index is 11.2. The number of carbonyl (C=O) groups excluding carboxylic acids is 1. The Balaban J connectivity index is 2.66. The second kappa shape index (κ2) is 2.65. The van der Waals surface area contributed by atoms with E-state index in [0.29, 0.717) is 6.42 Å². The summed E-state index contributed by atoms with van der Waals surface area (Å²) in [5.74, 6) is -0.236. The van der Waals surface area contributed by atoms with Crippen molar-refractivity contribution >= 4 is 5.78 Å². The van der Waals surface area contributed by atoms with Crippen LogP contribution in [0.3, 0.4) is 0 Å². The molecule has 1 unspecified atom stereocenters. The lowest BCUT2D eigenvalue weighted by atomic mass is 9.87. The lowest BCUT2D eigenvalue weighted by Gasteiger charge is -2.12. The first-order chi connectivity index (χ1) is 5.14. The highest BCUT2D eigenvalue weighted by molar-refractivity contribution is 5.84. The fraction of sp³-hybridized carbons (Fsp3) is 0.778. The van der Waals surface area contributed by atoms with Gasteiger partial charge in [-0.25, -0.2) is 0 Å². The fourth-order valence-electron chi connectivity index (χ4n) is 1.31. The number of nitriles is 1. The molecule has 0 aromatic carbocycles. The van der Waals surface area contributed by atoms with Crippen molar-refractivity contribution in [3.8, 4) is 6.07 Å². The number of ketones is 1. The molecule has 0 aliphatic heterocycles. The monoisotopic (exact) mass is 151 g/mol. The molecule has 0 radical (unpaired) electrons. The summed E-state index contributed by atoms with van der Waals surface area (Å²) < 4.78 is 0. The molecule has 2 heteroatoms. The van der Waals surface area contributed by atoms with E-state index in [9.17, 15) is 4.79 Å².